The van der Waals surface area contributed by atoms with Crippen molar-refractivity contribution in [2.45, 2.75) is 39.0 Å². The average molecular weight is 265 g/mol. The van der Waals surface area contributed by atoms with Crippen molar-refractivity contribution >= 4 is 0 Å². The van der Waals surface area contributed by atoms with Crippen LogP contribution in [-0.4, -0.2) is 31.1 Å². The summed E-state index contributed by atoms with van der Waals surface area (Å²) < 4.78 is 19.0. The van der Waals surface area contributed by atoms with E-state index in [0.29, 0.717) is 12.5 Å². The molecule has 0 bridgehead atoms. The molecule has 1 saturated heterocycles. The first kappa shape index (κ1) is 14.3. The number of ether oxygens (including phenoxy) is 1. The van der Waals surface area contributed by atoms with Crippen LogP contribution < -0.4 is 4.74 Å². The number of piperidine rings is 1. The van der Waals surface area contributed by atoms with E-state index in [1.54, 1.807) is 6.07 Å². The second-order valence-corrected chi connectivity index (χ2v) is 5.25. The van der Waals surface area contributed by atoms with Gasteiger partial charge in [0.05, 0.1) is 6.61 Å². The fourth-order valence-corrected chi connectivity index (χ4v) is 2.95. The van der Waals surface area contributed by atoms with E-state index in [1.165, 1.54) is 37.4 Å². The van der Waals surface area contributed by atoms with E-state index >= 15 is 0 Å². The van der Waals surface area contributed by atoms with Crippen LogP contribution in [0.2, 0.25) is 0 Å². The van der Waals surface area contributed by atoms with Gasteiger partial charge in [-0.15, -0.1) is 0 Å². The van der Waals surface area contributed by atoms with Gasteiger partial charge in [0.25, 0.3) is 0 Å². The van der Waals surface area contributed by atoms with Crippen molar-refractivity contribution in [3.63, 3.8) is 0 Å². The van der Waals surface area contributed by atoms with Crippen LogP contribution in [0.5, 0.6) is 5.75 Å². The minimum atomic E-state index is -0.214. The lowest BCUT2D eigenvalue weighted by molar-refractivity contribution is 0.205. The number of hydrogen-bond donors (Lipinski definition) is 0. The maximum Gasteiger partial charge on any atom is 0.126 e. The van der Waals surface area contributed by atoms with Crippen molar-refractivity contribution in [1.82, 2.24) is 4.90 Å². The van der Waals surface area contributed by atoms with E-state index < -0.39 is 0 Å². The van der Waals surface area contributed by atoms with Gasteiger partial charge in [0.2, 0.25) is 0 Å². The zero-order chi connectivity index (χ0) is 13.7. The Morgan fingerprint density at radius 1 is 1.37 bits per heavy atom. The predicted octanol–water partition coefficient (Wildman–Crippen LogP) is 3.81. The molecule has 19 heavy (non-hydrogen) atoms. The van der Waals surface area contributed by atoms with Crippen LogP contribution in [0, 0.1) is 5.82 Å². The molecule has 1 atom stereocenters. The van der Waals surface area contributed by atoms with Crippen LogP contribution >= 0.6 is 0 Å². The zero-order valence-electron chi connectivity index (χ0n) is 12.0. The van der Waals surface area contributed by atoms with Crippen LogP contribution in [0.25, 0.3) is 0 Å². The molecular weight excluding hydrogens is 241 g/mol. The standard InChI is InChI=1S/C16H24FNO/c1-3-9-18-10-5-6-13(12-18)15-8-7-14(17)11-16(15)19-4-2/h7-8,11,13H,3-6,9-10,12H2,1-2H3. The van der Waals surface area contributed by atoms with E-state index in [2.05, 4.69) is 11.8 Å². The molecule has 106 valence electrons. The van der Waals surface area contributed by atoms with Crippen molar-refractivity contribution in [2.24, 2.45) is 0 Å². The monoisotopic (exact) mass is 265 g/mol. The van der Waals surface area contributed by atoms with Gasteiger partial charge in [-0.05, 0) is 50.9 Å². The number of likely N-dealkylation sites (tertiary alicyclic amines) is 1. The molecule has 1 aliphatic rings. The molecule has 0 spiro atoms. The Balaban J connectivity index is 2.15. The molecule has 1 fully saturated rings. The van der Waals surface area contributed by atoms with Gasteiger partial charge in [0.1, 0.15) is 11.6 Å². The van der Waals surface area contributed by atoms with Crippen molar-refractivity contribution in [2.75, 3.05) is 26.2 Å². The van der Waals surface area contributed by atoms with Crippen LogP contribution in [0.1, 0.15) is 44.6 Å². The van der Waals surface area contributed by atoms with Gasteiger partial charge in [0, 0.05) is 18.5 Å². The lowest BCUT2D eigenvalue weighted by Crippen LogP contribution is -2.35. The van der Waals surface area contributed by atoms with Crippen LogP contribution in [-0.2, 0) is 0 Å². The number of rotatable bonds is 5. The molecule has 1 aliphatic heterocycles. The third-order valence-electron chi connectivity index (χ3n) is 3.76. The number of benzene rings is 1. The van der Waals surface area contributed by atoms with Crippen molar-refractivity contribution in [3.05, 3.63) is 29.6 Å². The number of hydrogen-bond acceptors (Lipinski definition) is 2. The topological polar surface area (TPSA) is 12.5 Å². The van der Waals surface area contributed by atoms with Crippen LogP contribution in [0.3, 0.4) is 0 Å². The Morgan fingerprint density at radius 2 is 2.21 bits per heavy atom. The molecule has 1 aromatic rings. The van der Waals surface area contributed by atoms with Crippen LogP contribution in [0.4, 0.5) is 4.39 Å². The average Bonchev–Trinajstić information content (AvgIpc) is 2.40. The summed E-state index contributed by atoms with van der Waals surface area (Å²) in [6.45, 7) is 8.16. The van der Waals surface area contributed by atoms with E-state index in [0.717, 1.165) is 18.8 Å². The summed E-state index contributed by atoms with van der Waals surface area (Å²) in [7, 11) is 0. The highest BCUT2D eigenvalue weighted by Gasteiger charge is 2.23. The predicted molar refractivity (Wildman–Crippen MR) is 76.3 cm³/mol. The third kappa shape index (κ3) is 3.69. The first-order valence-electron chi connectivity index (χ1n) is 7.39. The Hall–Kier alpha value is -1.09. The largest absolute Gasteiger partial charge is 0.493 e. The third-order valence-corrected chi connectivity index (χ3v) is 3.76. The maximum absolute atomic E-state index is 13.3. The van der Waals surface area contributed by atoms with Gasteiger partial charge in [-0.3, -0.25) is 0 Å². The van der Waals surface area contributed by atoms with Gasteiger partial charge in [-0.2, -0.15) is 0 Å². The second kappa shape index (κ2) is 6.90. The molecule has 1 unspecified atom stereocenters. The lowest BCUT2D eigenvalue weighted by Gasteiger charge is -2.33. The smallest absolute Gasteiger partial charge is 0.126 e. The molecular formula is C16H24FNO. The van der Waals surface area contributed by atoms with Gasteiger partial charge in [0.15, 0.2) is 0 Å². The van der Waals surface area contributed by atoms with Crippen molar-refractivity contribution in [3.8, 4) is 5.75 Å². The van der Waals surface area contributed by atoms with E-state index in [4.69, 9.17) is 4.74 Å². The summed E-state index contributed by atoms with van der Waals surface area (Å²) >= 11 is 0. The van der Waals surface area contributed by atoms with Crippen LogP contribution in [0.15, 0.2) is 18.2 Å². The molecule has 0 amide bonds. The lowest BCUT2D eigenvalue weighted by atomic mass is 9.90. The highest BCUT2D eigenvalue weighted by atomic mass is 19.1. The summed E-state index contributed by atoms with van der Waals surface area (Å²) in [4.78, 5) is 2.51. The fraction of sp³-hybridized carbons (Fsp3) is 0.625. The highest BCUT2D eigenvalue weighted by molar-refractivity contribution is 5.37. The molecule has 0 radical (unpaired) electrons. The summed E-state index contributed by atoms with van der Waals surface area (Å²) in [5.74, 6) is 0.988. The molecule has 1 heterocycles. The molecule has 0 aliphatic carbocycles. The Bertz CT molecular complexity index is 406. The second-order valence-electron chi connectivity index (χ2n) is 5.25. The minimum Gasteiger partial charge on any atom is -0.493 e. The highest BCUT2D eigenvalue weighted by Crippen LogP contribution is 2.33. The maximum atomic E-state index is 13.3. The molecule has 0 aromatic heterocycles. The van der Waals surface area contributed by atoms with E-state index in [-0.39, 0.29) is 5.82 Å². The van der Waals surface area contributed by atoms with E-state index in [1.807, 2.05) is 13.0 Å². The summed E-state index contributed by atoms with van der Waals surface area (Å²) in [6, 6.07) is 4.98. The molecule has 1 aromatic carbocycles. The summed E-state index contributed by atoms with van der Waals surface area (Å²) in [6.07, 6.45) is 3.58. The first-order chi connectivity index (χ1) is 9.24. The molecule has 3 heteroatoms. The molecule has 0 N–H and O–H groups in total. The number of halogens is 1. The Labute approximate surface area is 115 Å². The Kier molecular flexibility index (Phi) is 5.20. The van der Waals surface area contributed by atoms with Crippen molar-refractivity contribution < 1.29 is 9.13 Å². The quantitative estimate of drug-likeness (QED) is 0.802. The van der Waals surface area contributed by atoms with Gasteiger partial charge in [-0.1, -0.05) is 13.0 Å². The van der Waals surface area contributed by atoms with Gasteiger partial charge < -0.3 is 9.64 Å². The van der Waals surface area contributed by atoms with Gasteiger partial charge >= 0.3 is 0 Å². The summed E-state index contributed by atoms with van der Waals surface area (Å²) in [5, 5.41) is 0. The minimum absolute atomic E-state index is 0.214. The normalized spacial score (nSPS) is 20.5. The fourth-order valence-electron chi connectivity index (χ4n) is 2.95. The molecule has 2 nitrogen and oxygen atoms in total. The zero-order valence-corrected chi connectivity index (χ0v) is 12.0. The van der Waals surface area contributed by atoms with Gasteiger partial charge in [-0.25, -0.2) is 4.39 Å². The molecule has 2 rings (SSSR count). The van der Waals surface area contributed by atoms with Crippen molar-refractivity contribution in [1.29, 1.82) is 0 Å². The Morgan fingerprint density at radius 3 is 2.95 bits per heavy atom. The molecule has 0 saturated carbocycles. The first-order valence-corrected chi connectivity index (χ1v) is 7.39. The SMILES string of the molecule is CCCN1CCCC(c2ccc(F)cc2OCC)C1. The summed E-state index contributed by atoms with van der Waals surface area (Å²) in [5.41, 5.74) is 1.17. The van der Waals surface area contributed by atoms with E-state index in [9.17, 15) is 4.39 Å². The number of nitrogens with zero attached hydrogens (tertiary/aromatic N) is 1.